The van der Waals surface area contributed by atoms with E-state index in [4.69, 9.17) is 9.47 Å². The molecule has 0 aromatic heterocycles. The van der Waals surface area contributed by atoms with Crippen LogP contribution in [0.2, 0.25) is 0 Å². The van der Waals surface area contributed by atoms with E-state index >= 15 is 0 Å². The molecule has 1 unspecified atom stereocenters. The molecule has 1 atom stereocenters. The summed E-state index contributed by atoms with van der Waals surface area (Å²) in [5.74, 6) is 0. The van der Waals surface area contributed by atoms with Crippen molar-refractivity contribution in [3.05, 3.63) is 0 Å². The molecule has 1 heterocycles. The van der Waals surface area contributed by atoms with Crippen LogP contribution in [0.3, 0.4) is 0 Å². The van der Waals surface area contributed by atoms with Gasteiger partial charge in [0.05, 0.1) is 12.1 Å². The Morgan fingerprint density at radius 3 is 1.82 bits per heavy atom. The number of amides is 2. The van der Waals surface area contributed by atoms with Crippen molar-refractivity contribution in [2.24, 2.45) is 0 Å². The number of rotatable bonds is 0. The maximum absolute atomic E-state index is 12.5. The van der Waals surface area contributed by atoms with Gasteiger partial charge in [-0.15, -0.1) is 0 Å². The van der Waals surface area contributed by atoms with E-state index in [0.29, 0.717) is 45.6 Å². The molecule has 1 aliphatic heterocycles. The Kier molecular flexibility index (Phi) is 9.02. The maximum atomic E-state index is 12.5. The molecular formula is C20H36N4O4. The normalized spacial score (nSPS) is 20.4. The molecule has 8 heteroatoms. The highest BCUT2D eigenvalue weighted by Gasteiger charge is 2.25. The predicted octanol–water partition coefficient (Wildman–Crippen LogP) is 3.13. The van der Waals surface area contributed by atoms with Crippen LogP contribution in [-0.2, 0) is 9.47 Å². The number of carbonyl (C=O) groups excluding carboxylic acids is 2. The third-order valence-corrected chi connectivity index (χ3v) is 4.00. The number of hydrogen-bond donors (Lipinski definition) is 1. The predicted molar refractivity (Wildman–Crippen MR) is 107 cm³/mol. The summed E-state index contributed by atoms with van der Waals surface area (Å²) < 4.78 is 11.0. The fraction of sp³-hybridized carbons (Fsp3) is 0.850. The molecule has 28 heavy (non-hydrogen) atoms. The molecule has 8 nitrogen and oxygen atoms in total. The lowest BCUT2D eigenvalue weighted by molar-refractivity contribution is 0.0197. The van der Waals surface area contributed by atoms with Gasteiger partial charge in [0.25, 0.3) is 0 Å². The van der Waals surface area contributed by atoms with Crippen LogP contribution < -0.4 is 5.32 Å². The van der Waals surface area contributed by atoms with E-state index in [0.717, 1.165) is 6.42 Å². The van der Waals surface area contributed by atoms with E-state index in [2.05, 4.69) is 11.4 Å². The molecule has 160 valence electrons. The Hall–Kier alpha value is -2.01. The second-order valence-electron chi connectivity index (χ2n) is 9.07. The minimum absolute atomic E-state index is 0.348. The first-order valence-corrected chi connectivity index (χ1v) is 10.00. The Morgan fingerprint density at radius 1 is 0.893 bits per heavy atom. The summed E-state index contributed by atoms with van der Waals surface area (Å²) >= 11 is 0. The highest BCUT2D eigenvalue weighted by Crippen LogP contribution is 2.13. The van der Waals surface area contributed by atoms with Gasteiger partial charge >= 0.3 is 12.2 Å². The van der Waals surface area contributed by atoms with Gasteiger partial charge < -0.3 is 24.6 Å². The lowest BCUT2D eigenvalue weighted by Gasteiger charge is -2.31. The summed E-state index contributed by atoms with van der Waals surface area (Å²) in [6.07, 6.45) is 1.12. The summed E-state index contributed by atoms with van der Waals surface area (Å²) in [7, 11) is 0. The van der Waals surface area contributed by atoms with Crippen LogP contribution in [0.25, 0.3) is 0 Å². The van der Waals surface area contributed by atoms with Crippen molar-refractivity contribution in [2.75, 3.05) is 32.7 Å². The van der Waals surface area contributed by atoms with Crippen molar-refractivity contribution < 1.29 is 19.1 Å². The van der Waals surface area contributed by atoms with Gasteiger partial charge in [0.2, 0.25) is 0 Å². The van der Waals surface area contributed by atoms with Gasteiger partial charge in [-0.3, -0.25) is 0 Å². The van der Waals surface area contributed by atoms with Gasteiger partial charge in [0.15, 0.2) is 0 Å². The average Bonchev–Trinajstić information content (AvgIpc) is 2.52. The zero-order chi connectivity index (χ0) is 21.4. The zero-order valence-corrected chi connectivity index (χ0v) is 18.2. The van der Waals surface area contributed by atoms with Gasteiger partial charge in [-0.05, 0) is 67.3 Å². The van der Waals surface area contributed by atoms with Crippen molar-refractivity contribution >= 4 is 12.2 Å². The van der Waals surface area contributed by atoms with Crippen molar-refractivity contribution in [1.29, 1.82) is 5.26 Å². The fourth-order valence-corrected chi connectivity index (χ4v) is 2.74. The summed E-state index contributed by atoms with van der Waals surface area (Å²) in [6.45, 7) is 13.5. The highest BCUT2D eigenvalue weighted by molar-refractivity contribution is 5.68. The first-order chi connectivity index (χ1) is 12.9. The maximum Gasteiger partial charge on any atom is 0.410 e. The summed E-state index contributed by atoms with van der Waals surface area (Å²) in [4.78, 5) is 28.3. The topological polar surface area (TPSA) is 94.9 Å². The molecule has 2 amide bonds. The molecule has 1 fully saturated rings. The first-order valence-electron chi connectivity index (χ1n) is 10.00. The Labute approximate surface area is 169 Å². The van der Waals surface area contributed by atoms with E-state index in [9.17, 15) is 14.9 Å². The lowest BCUT2D eigenvalue weighted by Crippen LogP contribution is -2.44. The van der Waals surface area contributed by atoms with E-state index in [-0.39, 0.29) is 12.1 Å². The van der Waals surface area contributed by atoms with Gasteiger partial charge in [0, 0.05) is 26.2 Å². The molecule has 0 radical (unpaired) electrons. The molecule has 1 N–H and O–H groups in total. The van der Waals surface area contributed by atoms with Crippen molar-refractivity contribution in [2.45, 2.75) is 78.0 Å². The fourth-order valence-electron chi connectivity index (χ4n) is 2.74. The summed E-state index contributed by atoms with van der Waals surface area (Å²) in [5.41, 5.74) is -1.15. The molecule has 1 saturated heterocycles. The minimum Gasteiger partial charge on any atom is -0.444 e. The number of ether oxygens (including phenoxy) is 2. The first kappa shape index (κ1) is 24.0. The Bertz CT molecular complexity index is 560. The van der Waals surface area contributed by atoms with E-state index < -0.39 is 17.3 Å². The number of nitrogens with zero attached hydrogens (tertiary/aromatic N) is 3. The zero-order valence-electron chi connectivity index (χ0n) is 18.2. The minimum atomic E-state index is -0.587. The largest absolute Gasteiger partial charge is 0.444 e. The molecule has 0 aliphatic carbocycles. The van der Waals surface area contributed by atoms with E-state index in [1.54, 1.807) is 9.80 Å². The van der Waals surface area contributed by atoms with E-state index in [1.807, 2.05) is 41.5 Å². The van der Waals surface area contributed by atoms with Crippen LogP contribution in [0.15, 0.2) is 0 Å². The molecule has 1 aliphatic rings. The third kappa shape index (κ3) is 9.79. The standard InChI is InChI=1S/C20H36N4O4/c1-19(2,3)27-17(25)23-11-7-10-22-16(15-21)9-14-24(13-8-12-23)18(26)28-20(4,5)6/h16,22H,7-14H2,1-6H3. The molecule has 0 aromatic rings. The van der Waals surface area contributed by atoms with Crippen molar-refractivity contribution in [1.82, 2.24) is 15.1 Å². The Morgan fingerprint density at radius 2 is 1.36 bits per heavy atom. The van der Waals surface area contributed by atoms with Crippen LogP contribution >= 0.6 is 0 Å². The van der Waals surface area contributed by atoms with Gasteiger partial charge in [-0.1, -0.05) is 0 Å². The molecular weight excluding hydrogens is 360 g/mol. The average molecular weight is 397 g/mol. The number of nitrogens with one attached hydrogen (secondary N) is 1. The SMILES string of the molecule is CC(C)(C)OC(=O)N1CCCNC(C#N)CCN(C(=O)OC(C)(C)C)CCC1. The lowest BCUT2D eigenvalue weighted by atomic mass is 10.2. The summed E-state index contributed by atoms with van der Waals surface area (Å²) in [5, 5.41) is 12.5. The van der Waals surface area contributed by atoms with Gasteiger partial charge in [-0.25, -0.2) is 9.59 Å². The molecule has 1 rings (SSSR count). The monoisotopic (exact) mass is 396 g/mol. The van der Waals surface area contributed by atoms with Crippen LogP contribution in [0.5, 0.6) is 0 Å². The van der Waals surface area contributed by atoms with Gasteiger partial charge in [0.1, 0.15) is 11.2 Å². The quantitative estimate of drug-likeness (QED) is 0.676. The second kappa shape index (κ2) is 10.5. The molecule has 0 saturated carbocycles. The van der Waals surface area contributed by atoms with Crippen LogP contribution in [0.1, 0.15) is 60.8 Å². The number of carbonyl (C=O) groups is 2. The van der Waals surface area contributed by atoms with Gasteiger partial charge in [-0.2, -0.15) is 5.26 Å². The van der Waals surface area contributed by atoms with Crippen LogP contribution in [0, 0.1) is 11.3 Å². The van der Waals surface area contributed by atoms with Crippen LogP contribution in [0.4, 0.5) is 9.59 Å². The molecule has 0 aromatic carbocycles. The smallest absolute Gasteiger partial charge is 0.410 e. The van der Waals surface area contributed by atoms with Crippen molar-refractivity contribution in [3.8, 4) is 6.07 Å². The number of hydrogen-bond acceptors (Lipinski definition) is 6. The van der Waals surface area contributed by atoms with Crippen LogP contribution in [-0.4, -0.2) is 72.0 Å². The summed E-state index contributed by atoms with van der Waals surface area (Å²) in [6, 6.07) is 1.89. The number of nitriles is 1. The molecule has 0 spiro atoms. The van der Waals surface area contributed by atoms with Crippen molar-refractivity contribution in [3.63, 3.8) is 0 Å². The molecule has 0 bridgehead atoms. The Balaban J connectivity index is 2.83. The second-order valence-corrected chi connectivity index (χ2v) is 9.07. The van der Waals surface area contributed by atoms with E-state index in [1.165, 1.54) is 0 Å². The third-order valence-electron chi connectivity index (χ3n) is 4.00. The highest BCUT2D eigenvalue weighted by atomic mass is 16.6.